The number of hydrogen-bond donors (Lipinski definition) is 0. The predicted molar refractivity (Wildman–Crippen MR) is 77.2 cm³/mol. The highest BCUT2D eigenvalue weighted by Crippen LogP contribution is 2.21. The van der Waals surface area contributed by atoms with E-state index in [2.05, 4.69) is 4.98 Å². The number of rotatable bonds is 3. The molecule has 0 spiro atoms. The number of ether oxygens (including phenoxy) is 1. The number of fused-ring (bicyclic) bond motifs is 1. The van der Waals surface area contributed by atoms with E-state index in [4.69, 9.17) is 4.74 Å². The van der Waals surface area contributed by atoms with Gasteiger partial charge in [-0.1, -0.05) is 6.07 Å². The smallest absolute Gasteiger partial charge is 0.338 e. The third-order valence-corrected chi connectivity index (χ3v) is 3.26. The van der Waals surface area contributed by atoms with E-state index < -0.39 is 23.4 Å². The Morgan fingerprint density at radius 2 is 1.78 bits per heavy atom. The van der Waals surface area contributed by atoms with Crippen molar-refractivity contribution < 1.29 is 22.7 Å². The number of esters is 1. The van der Waals surface area contributed by atoms with Crippen LogP contribution < -0.4 is 0 Å². The van der Waals surface area contributed by atoms with Gasteiger partial charge in [-0.25, -0.2) is 18.0 Å². The Labute approximate surface area is 129 Å². The molecule has 0 aliphatic rings. The molecule has 1 aromatic heterocycles. The first-order valence-corrected chi connectivity index (χ1v) is 6.70. The van der Waals surface area contributed by atoms with Gasteiger partial charge in [-0.05, 0) is 30.3 Å². The molecule has 2 aromatic carbocycles. The van der Waals surface area contributed by atoms with Gasteiger partial charge >= 0.3 is 5.97 Å². The largest absolute Gasteiger partial charge is 0.457 e. The molecule has 23 heavy (non-hydrogen) atoms. The molecule has 0 bridgehead atoms. The lowest BCUT2D eigenvalue weighted by molar-refractivity contribution is 0.0473. The number of benzene rings is 2. The minimum absolute atomic E-state index is 0.190. The number of carbonyl (C=O) groups excluding carboxylic acids is 1. The summed E-state index contributed by atoms with van der Waals surface area (Å²) in [6.07, 6.45) is 1.50. The Kier molecular flexibility index (Phi) is 3.97. The Balaban J connectivity index is 1.83. The highest BCUT2D eigenvalue weighted by atomic mass is 19.1. The van der Waals surface area contributed by atoms with E-state index in [9.17, 15) is 18.0 Å². The molecule has 3 rings (SSSR count). The van der Waals surface area contributed by atoms with Crippen LogP contribution in [0.15, 0.2) is 48.7 Å². The summed E-state index contributed by atoms with van der Waals surface area (Å²) in [5.74, 6) is -3.05. The molecule has 116 valence electrons. The first kappa shape index (κ1) is 15.0. The fourth-order valence-electron chi connectivity index (χ4n) is 2.21. The molecule has 0 atom stereocenters. The van der Waals surface area contributed by atoms with Crippen LogP contribution in [0.2, 0.25) is 0 Å². The highest BCUT2D eigenvalue weighted by molar-refractivity contribution is 5.89. The van der Waals surface area contributed by atoms with E-state index in [0.717, 1.165) is 12.1 Å². The zero-order chi connectivity index (χ0) is 16.4. The topological polar surface area (TPSA) is 39.2 Å². The zero-order valence-electron chi connectivity index (χ0n) is 11.7. The lowest BCUT2D eigenvalue weighted by atomic mass is 10.1. The van der Waals surface area contributed by atoms with Crippen LogP contribution in [-0.2, 0) is 11.3 Å². The standard InChI is InChI=1S/C17H10F3NO2/c18-12-6-11(7-13(19)8-12)17(22)23-9-10-3-4-15(20)14-2-1-5-21-16(10)14/h1-8H,9H2. The Bertz CT molecular complexity index is 876. The highest BCUT2D eigenvalue weighted by Gasteiger charge is 2.13. The number of aromatic nitrogens is 1. The summed E-state index contributed by atoms with van der Waals surface area (Å²) in [7, 11) is 0. The molecule has 0 saturated carbocycles. The van der Waals surface area contributed by atoms with Crippen molar-refractivity contribution in [3.63, 3.8) is 0 Å². The van der Waals surface area contributed by atoms with Crippen LogP contribution in [0.5, 0.6) is 0 Å². The zero-order valence-corrected chi connectivity index (χ0v) is 11.7. The first-order valence-electron chi connectivity index (χ1n) is 6.70. The van der Waals surface area contributed by atoms with E-state index in [-0.39, 0.29) is 12.2 Å². The van der Waals surface area contributed by atoms with Crippen LogP contribution in [-0.4, -0.2) is 11.0 Å². The number of nitrogens with zero attached hydrogens (tertiary/aromatic N) is 1. The molecule has 0 radical (unpaired) electrons. The van der Waals surface area contributed by atoms with Gasteiger partial charge in [0.1, 0.15) is 24.1 Å². The number of pyridine rings is 1. The minimum Gasteiger partial charge on any atom is -0.457 e. The maximum Gasteiger partial charge on any atom is 0.338 e. The molecular formula is C17H10F3NO2. The summed E-state index contributed by atoms with van der Waals surface area (Å²) in [5.41, 5.74) is 0.625. The van der Waals surface area contributed by atoms with Crippen LogP contribution in [0, 0.1) is 17.5 Å². The van der Waals surface area contributed by atoms with Crippen molar-refractivity contribution in [2.24, 2.45) is 0 Å². The summed E-state index contributed by atoms with van der Waals surface area (Å²) in [5, 5.41) is 0.304. The molecule has 0 N–H and O–H groups in total. The normalized spacial score (nSPS) is 10.7. The summed E-state index contributed by atoms with van der Waals surface area (Å²) >= 11 is 0. The van der Waals surface area contributed by atoms with E-state index in [1.807, 2.05) is 0 Å². The monoisotopic (exact) mass is 317 g/mol. The summed E-state index contributed by atoms with van der Waals surface area (Å²) in [4.78, 5) is 15.9. The summed E-state index contributed by atoms with van der Waals surface area (Å²) in [6.45, 7) is -0.190. The number of halogens is 3. The van der Waals surface area contributed by atoms with Crippen molar-refractivity contribution in [3.05, 3.63) is 77.2 Å². The van der Waals surface area contributed by atoms with Gasteiger partial charge in [0.2, 0.25) is 0 Å². The van der Waals surface area contributed by atoms with Crippen molar-refractivity contribution in [2.75, 3.05) is 0 Å². The van der Waals surface area contributed by atoms with Gasteiger partial charge in [0.25, 0.3) is 0 Å². The Morgan fingerprint density at radius 1 is 1.04 bits per heavy atom. The average molecular weight is 317 g/mol. The number of hydrogen-bond acceptors (Lipinski definition) is 3. The quantitative estimate of drug-likeness (QED) is 0.685. The molecule has 0 aliphatic carbocycles. The van der Waals surface area contributed by atoms with Crippen LogP contribution in [0.25, 0.3) is 10.9 Å². The Hall–Kier alpha value is -2.89. The summed E-state index contributed by atoms with van der Waals surface area (Å²) in [6, 6.07) is 8.27. The third-order valence-electron chi connectivity index (χ3n) is 3.26. The second-order valence-electron chi connectivity index (χ2n) is 4.84. The van der Waals surface area contributed by atoms with Gasteiger partial charge in [0.15, 0.2) is 0 Å². The van der Waals surface area contributed by atoms with Crippen molar-refractivity contribution >= 4 is 16.9 Å². The second kappa shape index (κ2) is 6.08. The van der Waals surface area contributed by atoms with Crippen molar-refractivity contribution in [1.82, 2.24) is 4.98 Å². The number of carbonyl (C=O) groups is 1. The molecule has 6 heteroatoms. The molecule has 0 aliphatic heterocycles. The maximum atomic E-state index is 13.7. The molecule has 1 heterocycles. The van der Waals surface area contributed by atoms with E-state index >= 15 is 0 Å². The first-order chi connectivity index (χ1) is 11.0. The Morgan fingerprint density at radius 3 is 2.52 bits per heavy atom. The SMILES string of the molecule is O=C(OCc1ccc(F)c2cccnc12)c1cc(F)cc(F)c1. The molecule has 3 nitrogen and oxygen atoms in total. The van der Waals surface area contributed by atoms with Gasteiger partial charge in [-0.2, -0.15) is 0 Å². The predicted octanol–water partition coefficient (Wildman–Crippen LogP) is 4.01. The van der Waals surface area contributed by atoms with Crippen molar-refractivity contribution in [2.45, 2.75) is 6.61 Å². The van der Waals surface area contributed by atoms with Crippen LogP contribution >= 0.6 is 0 Å². The minimum atomic E-state index is -0.878. The molecular weight excluding hydrogens is 307 g/mol. The van der Waals surface area contributed by atoms with Gasteiger partial charge in [-0.3, -0.25) is 4.98 Å². The second-order valence-corrected chi connectivity index (χ2v) is 4.84. The van der Waals surface area contributed by atoms with Gasteiger partial charge in [0, 0.05) is 23.2 Å². The fraction of sp³-hybridized carbons (Fsp3) is 0.0588. The van der Waals surface area contributed by atoms with Crippen molar-refractivity contribution in [3.8, 4) is 0 Å². The lowest BCUT2D eigenvalue weighted by Gasteiger charge is -2.08. The van der Waals surface area contributed by atoms with Gasteiger partial charge in [-0.15, -0.1) is 0 Å². The average Bonchev–Trinajstić information content (AvgIpc) is 2.53. The summed E-state index contributed by atoms with van der Waals surface area (Å²) < 4.78 is 44.9. The van der Waals surface area contributed by atoms with Gasteiger partial charge < -0.3 is 4.74 Å². The molecule has 0 amide bonds. The van der Waals surface area contributed by atoms with E-state index in [0.29, 0.717) is 22.5 Å². The lowest BCUT2D eigenvalue weighted by Crippen LogP contribution is -2.07. The van der Waals surface area contributed by atoms with Crippen molar-refractivity contribution in [1.29, 1.82) is 0 Å². The van der Waals surface area contributed by atoms with E-state index in [1.54, 1.807) is 12.1 Å². The van der Waals surface area contributed by atoms with Crippen LogP contribution in [0.4, 0.5) is 13.2 Å². The molecule has 0 fully saturated rings. The maximum absolute atomic E-state index is 13.7. The molecule has 3 aromatic rings. The van der Waals surface area contributed by atoms with Crippen LogP contribution in [0.3, 0.4) is 0 Å². The van der Waals surface area contributed by atoms with Crippen LogP contribution in [0.1, 0.15) is 15.9 Å². The van der Waals surface area contributed by atoms with Gasteiger partial charge in [0.05, 0.1) is 11.1 Å². The third kappa shape index (κ3) is 3.15. The van der Waals surface area contributed by atoms with E-state index in [1.165, 1.54) is 18.3 Å². The molecule has 0 unspecified atom stereocenters. The molecule has 0 saturated heterocycles. The fourth-order valence-corrected chi connectivity index (χ4v) is 2.21.